The van der Waals surface area contributed by atoms with Crippen molar-refractivity contribution < 1.29 is 23.5 Å². The first kappa shape index (κ1) is 27.2. The number of methoxy groups -OCH3 is 1. The normalized spacial score (nSPS) is 12.7. The SMILES string of the molecule is COC(=O)c1ccc(CC(=O)N2CCc3c(n(Cc4cccc(F)c4)c4ncccc34)C2)cc1OCc1ccccc1. The van der Waals surface area contributed by atoms with Gasteiger partial charge in [-0.3, -0.25) is 4.79 Å². The van der Waals surface area contributed by atoms with Crippen LogP contribution >= 0.6 is 0 Å². The van der Waals surface area contributed by atoms with E-state index in [0.29, 0.717) is 37.4 Å². The highest BCUT2D eigenvalue weighted by atomic mass is 19.1. The number of ether oxygens (including phenoxy) is 2. The van der Waals surface area contributed by atoms with Crippen molar-refractivity contribution in [3.63, 3.8) is 0 Å². The van der Waals surface area contributed by atoms with E-state index in [1.54, 1.807) is 30.5 Å². The molecule has 212 valence electrons. The van der Waals surface area contributed by atoms with Crippen molar-refractivity contribution in [1.29, 1.82) is 0 Å². The number of rotatable bonds is 8. The molecule has 0 N–H and O–H groups in total. The third-order valence-electron chi connectivity index (χ3n) is 7.64. The average Bonchev–Trinajstić information content (AvgIpc) is 3.33. The lowest BCUT2D eigenvalue weighted by Crippen LogP contribution is -2.37. The third-order valence-corrected chi connectivity index (χ3v) is 7.64. The van der Waals surface area contributed by atoms with Gasteiger partial charge in [-0.15, -0.1) is 0 Å². The van der Waals surface area contributed by atoms with E-state index in [0.717, 1.165) is 33.4 Å². The number of hydrogen-bond donors (Lipinski definition) is 0. The number of carbonyl (C=O) groups excluding carboxylic acids is 2. The highest BCUT2D eigenvalue weighted by Gasteiger charge is 2.27. The summed E-state index contributed by atoms with van der Waals surface area (Å²) in [6, 6.07) is 25.3. The van der Waals surface area contributed by atoms with Crippen molar-refractivity contribution in [1.82, 2.24) is 14.5 Å². The second-order valence-electron chi connectivity index (χ2n) is 10.4. The number of esters is 1. The Bertz CT molecular complexity index is 1770. The number of halogens is 1. The molecule has 0 atom stereocenters. The maximum atomic E-state index is 14.0. The fourth-order valence-corrected chi connectivity index (χ4v) is 5.56. The van der Waals surface area contributed by atoms with E-state index in [4.69, 9.17) is 9.47 Å². The molecule has 0 unspecified atom stereocenters. The van der Waals surface area contributed by atoms with E-state index in [9.17, 15) is 14.0 Å². The molecule has 3 heterocycles. The standard InChI is InChI=1S/C34H30FN3O4/c1-41-34(40)29-13-12-24(18-31(29)42-22-23-7-3-2-4-8-23)19-32(39)37-16-14-27-28-11-6-15-36-33(28)38(30(27)21-37)20-25-9-5-10-26(35)17-25/h2-13,15,17-18H,14,16,19-22H2,1H3. The second-order valence-corrected chi connectivity index (χ2v) is 10.4. The Morgan fingerprint density at radius 3 is 2.57 bits per heavy atom. The first-order chi connectivity index (χ1) is 20.5. The lowest BCUT2D eigenvalue weighted by molar-refractivity contribution is -0.131. The van der Waals surface area contributed by atoms with Gasteiger partial charge in [0.25, 0.3) is 0 Å². The summed E-state index contributed by atoms with van der Waals surface area (Å²) in [7, 11) is 1.33. The number of aromatic nitrogens is 2. The van der Waals surface area contributed by atoms with Crippen molar-refractivity contribution in [2.45, 2.75) is 32.5 Å². The van der Waals surface area contributed by atoms with Gasteiger partial charge in [0.05, 0.1) is 20.1 Å². The molecule has 0 aliphatic carbocycles. The van der Waals surface area contributed by atoms with Gasteiger partial charge in [0.1, 0.15) is 29.4 Å². The number of benzene rings is 3. The smallest absolute Gasteiger partial charge is 0.341 e. The molecule has 5 aromatic rings. The first-order valence-electron chi connectivity index (χ1n) is 13.9. The van der Waals surface area contributed by atoms with E-state index in [2.05, 4.69) is 15.6 Å². The van der Waals surface area contributed by atoms with Crippen LogP contribution < -0.4 is 4.74 Å². The fourth-order valence-electron chi connectivity index (χ4n) is 5.56. The van der Waals surface area contributed by atoms with Gasteiger partial charge in [-0.05, 0) is 65.1 Å². The summed E-state index contributed by atoms with van der Waals surface area (Å²) in [6.45, 7) is 1.75. The Morgan fingerprint density at radius 1 is 0.929 bits per heavy atom. The minimum atomic E-state index is -0.501. The van der Waals surface area contributed by atoms with Crippen LogP contribution in [0.25, 0.3) is 11.0 Å². The minimum Gasteiger partial charge on any atom is -0.488 e. The van der Waals surface area contributed by atoms with Crippen LogP contribution in [0, 0.1) is 5.82 Å². The van der Waals surface area contributed by atoms with Gasteiger partial charge in [0.15, 0.2) is 0 Å². The van der Waals surface area contributed by atoms with Crippen LogP contribution in [-0.4, -0.2) is 40.0 Å². The van der Waals surface area contributed by atoms with Crippen molar-refractivity contribution in [2.24, 2.45) is 0 Å². The number of carbonyl (C=O) groups is 2. The largest absolute Gasteiger partial charge is 0.488 e. The van der Waals surface area contributed by atoms with E-state index < -0.39 is 5.97 Å². The second kappa shape index (κ2) is 11.9. The lowest BCUT2D eigenvalue weighted by Gasteiger charge is -2.29. The summed E-state index contributed by atoms with van der Waals surface area (Å²) in [6.07, 6.45) is 2.61. The molecule has 2 aromatic heterocycles. The zero-order chi connectivity index (χ0) is 29.1. The van der Waals surface area contributed by atoms with Crippen molar-refractivity contribution in [3.05, 3.63) is 130 Å². The third kappa shape index (κ3) is 5.61. The number of amides is 1. The van der Waals surface area contributed by atoms with Crippen LogP contribution in [-0.2, 0) is 42.1 Å². The monoisotopic (exact) mass is 563 g/mol. The molecule has 0 saturated carbocycles. The van der Waals surface area contributed by atoms with Crippen LogP contribution in [0.15, 0.2) is 91.1 Å². The van der Waals surface area contributed by atoms with Gasteiger partial charge in [-0.2, -0.15) is 0 Å². The van der Waals surface area contributed by atoms with Crippen molar-refractivity contribution in [2.75, 3.05) is 13.7 Å². The highest BCUT2D eigenvalue weighted by Crippen LogP contribution is 2.31. The van der Waals surface area contributed by atoms with Gasteiger partial charge in [-0.25, -0.2) is 14.2 Å². The molecule has 3 aromatic carbocycles. The van der Waals surface area contributed by atoms with Gasteiger partial charge in [0.2, 0.25) is 5.91 Å². The molecule has 0 bridgehead atoms. The van der Waals surface area contributed by atoms with Crippen LogP contribution in [0.2, 0.25) is 0 Å². The molecule has 42 heavy (non-hydrogen) atoms. The Kier molecular flexibility index (Phi) is 7.68. The predicted octanol–water partition coefficient (Wildman–Crippen LogP) is 5.72. The molecule has 0 saturated heterocycles. The molecule has 1 amide bonds. The topological polar surface area (TPSA) is 73.7 Å². The Morgan fingerprint density at radius 2 is 1.76 bits per heavy atom. The Labute approximate surface area is 243 Å². The maximum absolute atomic E-state index is 14.0. The zero-order valence-electron chi connectivity index (χ0n) is 23.3. The van der Waals surface area contributed by atoms with Crippen LogP contribution in [0.4, 0.5) is 4.39 Å². The van der Waals surface area contributed by atoms with Crippen LogP contribution in [0.3, 0.4) is 0 Å². The number of pyridine rings is 1. The van der Waals surface area contributed by atoms with E-state index in [1.807, 2.05) is 47.4 Å². The van der Waals surface area contributed by atoms with Crippen molar-refractivity contribution >= 4 is 22.9 Å². The van der Waals surface area contributed by atoms with E-state index >= 15 is 0 Å². The molecule has 0 spiro atoms. The quantitative estimate of drug-likeness (QED) is 0.226. The van der Waals surface area contributed by atoms with E-state index in [1.165, 1.54) is 24.8 Å². The summed E-state index contributed by atoms with van der Waals surface area (Å²) >= 11 is 0. The van der Waals surface area contributed by atoms with Crippen LogP contribution in [0.1, 0.15) is 38.3 Å². The molecular formula is C34H30FN3O4. The highest BCUT2D eigenvalue weighted by molar-refractivity contribution is 5.93. The zero-order valence-corrected chi connectivity index (χ0v) is 23.3. The molecule has 0 fully saturated rings. The van der Waals surface area contributed by atoms with Gasteiger partial charge < -0.3 is 18.9 Å². The maximum Gasteiger partial charge on any atom is 0.341 e. The number of nitrogens with zero attached hydrogens (tertiary/aromatic N) is 3. The molecule has 8 heteroatoms. The first-order valence-corrected chi connectivity index (χ1v) is 13.9. The summed E-state index contributed by atoms with van der Waals surface area (Å²) < 4.78 is 27.0. The Hall–Kier alpha value is -4.98. The van der Waals surface area contributed by atoms with Gasteiger partial charge in [0, 0.05) is 30.4 Å². The van der Waals surface area contributed by atoms with Crippen molar-refractivity contribution in [3.8, 4) is 5.75 Å². The molecule has 1 aliphatic rings. The fraction of sp³-hybridized carbons (Fsp3) is 0.206. The molecule has 6 rings (SSSR count). The number of hydrogen-bond acceptors (Lipinski definition) is 5. The molecular weight excluding hydrogens is 533 g/mol. The summed E-state index contributed by atoms with van der Waals surface area (Å²) in [4.78, 5) is 32.5. The average molecular weight is 564 g/mol. The minimum absolute atomic E-state index is 0.0315. The van der Waals surface area contributed by atoms with Gasteiger partial charge >= 0.3 is 5.97 Å². The lowest BCUT2D eigenvalue weighted by atomic mass is 10.0. The predicted molar refractivity (Wildman–Crippen MR) is 157 cm³/mol. The molecule has 1 aliphatic heterocycles. The van der Waals surface area contributed by atoms with E-state index in [-0.39, 0.29) is 24.8 Å². The molecule has 7 nitrogen and oxygen atoms in total. The summed E-state index contributed by atoms with van der Waals surface area (Å²) in [5.74, 6) is -0.443. The summed E-state index contributed by atoms with van der Waals surface area (Å²) in [5.41, 5.74) is 5.86. The number of fused-ring (bicyclic) bond motifs is 3. The van der Waals surface area contributed by atoms with Crippen LogP contribution in [0.5, 0.6) is 5.75 Å². The van der Waals surface area contributed by atoms with Gasteiger partial charge in [-0.1, -0.05) is 48.5 Å². The Balaban J connectivity index is 1.24. The summed E-state index contributed by atoms with van der Waals surface area (Å²) in [5, 5.41) is 1.06. The molecule has 0 radical (unpaired) electrons.